The topological polar surface area (TPSA) is 46.6 Å². The first-order valence-corrected chi connectivity index (χ1v) is 8.28. The minimum Gasteiger partial charge on any atom is -0.478 e. The lowest BCUT2D eigenvalue weighted by molar-refractivity contribution is -0.125. The van der Waals surface area contributed by atoms with Gasteiger partial charge in [0.2, 0.25) is 0 Å². The first kappa shape index (κ1) is 16.8. The SMILES string of the molecule is CC1Oc2c(C(=O)Cl)cc(Cl)cc2N(CCc2ccccc2)C1=O. The van der Waals surface area contributed by atoms with Crippen LogP contribution in [0.15, 0.2) is 42.5 Å². The number of rotatable bonds is 4. The summed E-state index contributed by atoms with van der Waals surface area (Å²) in [5.74, 6) is 0.133. The number of carbonyl (C=O) groups excluding carboxylic acids is 2. The number of benzene rings is 2. The molecule has 1 amide bonds. The lowest BCUT2D eigenvalue weighted by Gasteiger charge is -2.34. The molecule has 0 aliphatic carbocycles. The number of anilines is 1. The van der Waals surface area contributed by atoms with Gasteiger partial charge >= 0.3 is 0 Å². The van der Waals surface area contributed by atoms with Crippen LogP contribution in [0.25, 0.3) is 0 Å². The van der Waals surface area contributed by atoms with Crippen molar-refractivity contribution in [3.05, 3.63) is 58.6 Å². The highest BCUT2D eigenvalue weighted by Gasteiger charge is 2.34. The van der Waals surface area contributed by atoms with Crippen LogP contribution in [0.1, 0.15) is 22.8 Å². The summed E-state index contributed by atoms with van der Waals surface area (Å²) < 4.78 is 5.62. The van der Waals surface area contributed by atoms with Crippen molar-refractivity contribution in [1.82, 2.24) is 0 Å². The van der Waals surface area contributed by atoms with Crippen molar-refractivity contribution >= 4 is 40.0 Å². The summed E-state index contributed by atoms with van der Waals surface area (Å²) in [6, 6.07) is 12.9. The molecule has 1 aliphatic rings. The lowest BCUT2D eigenvalue weighted by atomic mass is 10.1. The van der Waals surface area contributed by atoms with E-state index in [0.717, 1.165) is 5.56 Å². The molecule has 0 radical (unpaired) electrons. The molecule has 0 saturated heterocycles. The average Bonchev–Trinajstić information content (AvgIpc) is 2.56. The molecule has 0 spiro atoms. The number of halogens is 2. The van der Waals surface area contributed by atoms with Crippen LogP contribution in [0.2, 0.25) is 5.02 Å². The van der Waals surface area contributed by atoms with Gasteiger partial charge in [-0.25, -0.2) is 0 Å². The van der Waals surface area contributed by atoms with Gasteiger partial charge in [-0.1, -0.05) is 41.9 Å². The van der Waals surface area contributed by atoms with Gasteiger partial charge in [-0.15, -0.1) is 0 Å². The van der Waals surface area contributed by atoms with E-state index < -0.39 is 11.3 Å². The second kappa shape index (κ2) is 6.83. The van der Waals surface area contributed by atoms with Crippen molar-refractivity contribution < 1.29 is 14.3 Å². The van der Waals surface area contributed by atoms with Crippen molar-refractivity contribution in [2.45, 2.75) is 19.4 Å². The van der Waals surface area contributed by atoms with Gasteiger partial charge in [0.05, 0.1) is 11.3 Å². The molecule has 0 aromatic heterocycles. The van der Waals surface area contributed by atoms with E-state index in [1.54, 1.807) is 17.9 Å². The molecule has 3 rings (SSSR count). The van der Waals surface area contributed by atoms with E-state index >= 15 is 0 Å². The van der Waals surface area contributed by atoms with E-state index in [1.165, 1.54) is 6.07 Å². The van der Waals surface area contributed by atoms with Crippen LogP contribution in [-0.2, 0) is 11.2 Å². The third kappa shape index (κ3) is 3.25. The van der Waals surface area contributed by atoms with Crippen LogP contribution in [0.4, 0.5) is 5.69 Å². The molecule has 2 aromatic rings. The Bertz CT molecular complexity index is 792. The third-order valence-corrected chi connectivity index (χ3v) is 4.33. The van der Waals surface area contributed by atoms with Crippen molar-refractivity contribution in [3.63, 3.8) is 0 Å². The minimum absolute atomic E-state index is 0.170. The predicted molar refractivity (Wildman–Crippen MR) is 94.2 cm³/mol. The van der Waals surface area contributed by atoms with Crippen LogP contribution < -0.4 is 9.64 Å². The van der Waals surface area contributed by atoms with Crippen LogP contribution in [0.3, 0.4) is 0 Å². The summed E-state index contributed by atoms with van der Waals surface area (Å²) >= 11 is 11.7. The van der Waals surface area contributed by atoms with E-state index in [1.807, 2.05) is 30.3 Å². The lowest BCUT2D eigenvalue weighted by Crippen LogP contribution is -2.45. The van der Waals surface area contributed by atoms with Gasteiger partial charge in [-0.05, 0) is 42.6 Å². The molecule has 6 heteroatoms. The Hall–Kier alpha value is -2.04. The van der Waals surface area contributed by atoms with E-state index in [4.69, 9.17) is 27.9 Å². The average molecular weight is 364 g/mol. The zero-order valence-electron chi connectivity index (χ0n) is 13.0. The van der Waals surface area contributed by atoms with Gasteiger partial charge in [-0.3, -0.25) is 9.59 Å². The van der Waals surface area contributed by atoms with Crippen molar-refractivity contribution in [3.8, 4) is 5.75 Å². The molecule has 1 unspecified atom stereocenters. The predicted octanol–water partition coefficient (Wildman–Crippen LogP) is 4.08. The molecule has 4 nitrogen and oxygen atoms in total. The molecule has 0 saturated carbocycles. The fourth-order valence-electron chi connectivity index (χ4n) is 2.73. The monoisotopic (exact) mass is 363 g/mol. The molecular weight excluding hydrogens is 349 g/mol. The normalized spacial score (nSPS) is 16.5. The van der Waals surface area contributed by atoms with Crippen molar-refractivity contribution in [2.24, 2.45) is 0 Å². The Kier molecular flexibility index (Phi) is 4.78. The maximum absolute atomic E-state index is 12.5. The molecule has 2 aromatic carbocycles. The Balaban J connectivity index is 1.98. The number of amides is 1. The smallest absolute Gasteiger partial charge is 0.267 e. The molecule has 24 heavy (non-hydrogen) atoms. The van der Waals surface area contributed by atoms with Gasteiger partial charge in [0.1, 0.15) is 0 Å². The maximum Gasteiger partial charge on any atom is 0.267 e. The van der Waals surface area contributed by atoms with Crippen LogP contribution in [0, 0.1) is 0 Å². The summed E-state index contributed by atoms with van der Waals surface area (Å²) in [6.07, 6.45) is -0.0145. The zero-order chi connectivity index (χ0) is 17.3. The largest absolute Gasteiger partial charge is 0.478 e. The number of ether oxygens (including phenoxy) is 1. The van der Waals surface area contributed by atoms with Crippen LogP contribution in [0.5, 0.6) is 5.75 Å². The van der Waals surface area contributed by atoms with Crippen LogP contribution in [-0.4, -0.2) is 23.8 Å². The number of hydrogen-bond donors (Lipinski definition) is 0. The van der Waals surface area contributed by atoms with Gasteiger partial charge in [0, 0.05) is 11.6 Å². The summed E-state index contributed by atoms with van der Waals surface area (Å²) in [5, 5.41) is -0.341. The Morgan fingerprint density at radius 1 is 1.25 bits per heavy atom. The molecule has 1 heterocycles. The van der Waals surface area contributed by atoms with E-state index in [0.29, 0.717) is 29.4 Å². The number of carbonyl (C=O) groups is 2. The zero-order valence-corrected chi connectivity index (χ0v) is 14.5. The molecule has 1 aliphatic heterocycles. The fraction of sp³-hybridized carbons (Fsp3) is 0.222. The molecule has 0 bridgehead atoms. The van der Waals surface area contributed by atoms with Crippen molar-refractivity contribution in [2.75, 3.05) is 11.4 Å². The Labute approximate surface area is 149 Å². The molecule has 0 N–H and O–H groups in total. The Morgan fingerprint density at radius 3 is 2.62 bits per heavy atom. The number of nitrogens with zero attached hydrogens (tertiary/aromatic N) is 1. The second-order valence-corrected chi connectivity index (χ2v) is 6.34. The highest BCUT2D eigenvalue weighted by molar-refractivity contribution is 6.68. The second-order valence-electron chi connectivity index (χ2n) is 5.56. The van der Waals surface area contributed by atoms with Gasteiger partial charge in [0.15, 0.2) is 11.9 Å². The fourth-order valence-corrected chi connectivity index (χ4v) is 3.08. The standard InChI is InChI=1S/C18H15Cl2NO3/c1-11-18(23)21(8-7-12-5-3-2-4-6-12)15-10-13(19)9-14(17(20)22)16(15)24-11/h2-6,9-11H,7-8H2,1H3. The first-order chi connectivity index (χ1) is 11.5. The molecule has 124 valence electrons. The van der Waals surface area contributed by atoms with Gasteiger partial charge < -0.3 is 9.64 Å². The van der Waals surface area contributed by atoms with E-state index in [-0.39, 0.29) is 11.5 Å². The van der Waals surface area contributed by atoms with E-state index in [2.05, 4.69) is 0 Å². The maximum atomic E-state index is 12.5. The summed E-state index contributed by atoms with van der Waals surface area (Å²) in [5.41, 5.74) is 1.76. The number of fused-ring (bicyclic) bond motifs is 1. The highest BCUT2D eigenvalue weighted by Crippen LogP contribution is 2.40. The number of hydrogen-bond acceptors (Lipinski definition) is 3. The van der Waals surface area contributed by atoms with E-state index in [9.17, 15) is 9.59 Å². The molecule has 1 atom stereocenters. The summed E-state index contributed by atoms with van der Waals surface area (Å²) in [4.78, 5) is 25.8. The first-order valence-electron chi connectivity index (χ1n) is 7.52. The van der Waals surface area contributed by atoms with Crippen LogP contribution >= 0.6 is 23.2 Å². The quantitative estimate of drug-likeness (QED) is 0.769. The summed E-state index contributed by atoms with van der Waals surface area (Å²) in [7, 11) is 0. The highest BCUT2D eigenvalue weighted by atomic mass is 35.5. The van der Waals surface area contributed by atoms with Gasteiger partial charge in [-0.2, -0.15) is 0 Å². The molecular formula is C18H15Cl2NO3. The summed E-state index contributed by atoms with van der Waals surface area (Å²) in [6.45, 7) is 2.11. The third-order valence-electron chi connectivity index (χ3n) is 3.91. The van der Waals surface area contributed by atoms with Crippen molar-refractivity contribution in [1.29, 1.82) is 0 Å². The Morgan fingerprint density at radius 2 is 1.96 bits per heavy atom. The minimum atomic E-state index is -0.691. The molecule has 0 fully saturated rings. The van der Waals surface area contributed by atoms with Gasteiger partial charge in [0.25, 0.3) is 11.1 Å².